The molecule has 0 atom stereocenters. The highest BCUT2D eigenvalue weighted by atomic mass is 35.5. The van der Waals surface area contributed by atoms with E-state index in [2.05, 4.69) is 20.1 Å². The Bertz CT molecular complexity index is 685. The molecule has 0 radical (unpaired) electrons. The van der Waals surface area contributed by atoms with Gasteiger partial charge in [0.1, 0.15) is 11.6 Å². The number of aromatic nitrogens is 1. The van der Waals surface area contributed by atoms with Gasteiger partial charge in [-0.15, -0.1) is 0 Å². The zero-order valence-electron chi connectivity index (χ0n) is 13.0. The Balaban J connectivity index is 1.45. The van der Waals surface area contributed by atoms with Crippen molar-refractivity contribution in [1.29, 1.82) is 0 Å². The van der Waals surface area contributed by atoms with Crippen LogP contribution in [-0.2, 0) is 11.3 Å². The summed E-state index contributed by atoms with van der Waals surface area (Å²) in [5.41, 5.74) is 0. The van der Waals surface area contributed by atoms with E-state index < -0.39 is 0 Å². The zero-order valence-corrected chi connectivity index (χ0v) is 14.6. The van der Waals surface area contributed by atoms with Crippen LogP contribution in [0.25, 0.3) is 0 Å². The SMILES string of the molecule is O=C(CN1CCN(c2ncc(Cl)cc2Cl)CC1)NCc1ccco1. The molecule has 0 unspecified atom stereocenters. The molecule has 0 saturated carbocycles. The van der Waals surface area contributed by atoms with Gasteiger partial charge < -0.3 is 14.6 Å². The van der Waals surface area contributed by atoms with Gasteiger partial charge in [0, 0.05) is 32.4 Å². The molecule has 3 rings (SSSR count). The number of furan rings is 1. The Hall–Kier alpha value is -1.76. The number of rotatable bonds is 5. The fourth-order valence-corrected chi connectivity index (χ4v) is 3.12. The smallest absolute Gasteiger partial charge is 0.234 e. The van der Waals surface area contributed by atoms with Crippen LogP contribution < -0.4 is 10.2 Å². The second-order valence-corrected chi connectivity index (χ2v) is 6.42. The average molecular weight is 369 g/mol. The van der Waals surface area contributed by atoms with E-state index >= 15 is 0 Å². The van der Waals surface area contributed by atoms with Gasteiger partial charge in [-0.3, -0.25) is 9.69 Å². The predicted octanol–water partition coefficient (Wildman–Crippen LogP) is 2.42. The Morgan fingerprint density at radius 1 is 1.29 bits per heavy atom. The predicted molar refractivity (Wildman–Crippen MR) is 93.5 cm³/mol. The highest BCUT2D eigenvalue weighted by molar-refractivity contribution is 6.36. The monoisotopic (exact) mass is 368 g/mol. The van der Waals surface area contributed by atoms with Gasteiger partial charge in [-0.25, -0.2) is 4.98 Å². The number of carbonyl (C=O) groups is 1. The van der Waals surface area contributed by atoms with E-state index in [1.54, 1.807) is 24.6 Å². The summed E-state index contributed by atoms with van der Waals surface area (Å²) in [5.74, 6) is 1.47. The maximum Gasteiger partial charge on any atom is 0.234 e. The molecule has 1 amide bonds. The number of piperazine rings is 1. The van der Waals surface area contributed by atoms with E-state index in [9.17, 15) is 4.79 Å². The lowest BCUT2D eigenvalue weighted by molar-refractivity contribution is -0.122. The lowest BCUT2D eigenvalue weighted by Gasteiger charge is -2.35. The molecular formula is C16H18Cl2N4O2. The Morgan fingerprint density at radius 3 is 2.75 bits per heavy atom. The molecule has 0 spiro atoms. The molecule has 3 heterocycles. The molecule has 1 saturated heterocycles. The maximum atomic E-state index is 12.0. The van der Waals surface area contributed by atoms with Crippen LogP contribution in [0.4, 0.5) is 5.82 Å². The number of nitrogens with one attached hydrogen (secondary N) is 1. The van der Waals surface area contributed by atoms with Crippen molar-refractivity contribution in [3.63, 3.8) is 0 Å². The molecular weight excluding hydrogens is 351 g/mol. The Kier molecular flexibility index (Phi) is 5.60. The number of halogens is 2. The van der Waals surface area contributed by atoms with Gasteiger partial charge >= 0.3 is 0 Å². The lowest BCUT2D eigenvalue weighted by atomic mass is 10.3. The van der Waals surface area contributed by atoms with Gasteiger partial charge in [0.05, 0.1) is 29.4 Å². The maximum absolute atomic E-state index is 12.0. The van der Waals surface area contributed by atoms with Crippen molar-refractivity contribution in [2.45, 2.75) is 6.54 Å². The first-order valence-corrected chi connectivity index (χ1v) is 8.45. The number of amides is 1. The van der Waals surface area contributed by atoms with Crippen molar-refractivity contribution < 1.29 is 9.21 Å². The van der Waals surface area contributed by atoms with Gasteiger partial charge in [0.15, 0.2) is 0 Å². The molecule has 8 heteroatoms. The first-order valence-electron chi connectivity index (χ1n) is 7.69. The topological polar surface area (TPSA) is 61.6 Å². The van der Waals surface area contributed by atoms with Crippen LogP contribution in [0.15, 0.2) is 35.1 Å². The number of nitrogens with zero attached hydrogens (tertiary/aromatic N) is 3. The molecule has 0 bridgehead atoms. The summed E-state index contributed by atoms with van der Waals surface area (Å²) in [6.45, 7) is 3.86. The minimum absolute atomic E-state index is 0.0116. The van der Waals surface area contributed by atoms with E-state index in [0.717, 1.165) is 37.8 Å². The highest BCUT2D eigenvalue weighted by Crippen LogP contribution is 2.26. The van der Waals surface area contributed by atoms with Gasteiger partial charge in [0.2, 0.25) is 5.91 Å². The molecule has 1 aliphatic rings. The molecule has 2 aromatic rings. The van der Waals surface area contributed by atoms with Crippen molar-refractivity contribution in [3.8, 4) is 0 Å². The number of hydrogen-bond donors (Lipinski definition) is 1. The Labute approximate surface area is 150 Å². The zero-order chi connectivity index (χ0) is 16.9. The first kappa shape index (κ1) is 17.1. The van der Waals surface area contributed by atoms with Crippen molar-refractivity contribution >= 4 is 34.9 Å². The van der Waals surface area contributed by atoms with Crippen LogP contribution in [0.3, 0.4) is 0 Å². The summed E-state index contributed by atoms with van der Waals surface area (Å²) in [7, 11) is 0. The number of pyridine rings is 1. The van der Waals surface area contributed by atoms with Crippen LogP contribution in [-0.4, -0.2) is 48.5 Å². The standard InChI is InChI=1S/C16H18Cl2N4O2/c17-12-8-14(18)16(20-9-12)22-5-3-21(4-6-22)11-15(23)19-10-13-2-1-7-24-13/h1-2,7-9H,3-6,10-11H2,(H,19,23). The summed E-state index contributed by atoms with van der Waals surface area (Å²) in [5, 5.41) is 3.93. The summed E-state index contributed by atoms with van der Waals surface area (Å²) < 4.78 is 5.19. The van der Waals surface area contributed by atoms with Crippen LogP contribution >= 0.6 is 23.2 Å². The van der Waals surface area contributed by atoms with Crippen molar-refractivity contribution in [2.75, 3.05) is 37.6 Å². The van der Waals surface area contributed by atoms with Crippen LogP contribution in [0, 0.1) is 0 Å². The quantitative estimate of drug-likeness (QED) is 0.877. The van der Waals surface area contributed by atoms with E-state index in [0.29, 0.717) is 23.1 Å². The summed E-state index contributed by atoms with van der Waals surface area (Å²) in [6, 6.07) is 5.33. The molecule has 128 valence electrons. The lowest BCUT2D eigenvalue weighted by Crippen LogP contribution is -2.49. The van der Waals surface area contributed by atoms with Gasteiger partial charge in [-0.05, 0) is 18.2 Å². The normalized spacial score (nSPS) is 15.5. The molecule has 0 aliphatic carbocycles. The molecule has 6 nitrogen and oxygen atoms in total. The molecule has 1 N–H and O–H groups in total. The van der Waals surface area contributed by atoms with Crippen LogP contribution in [0.5, 0.6) is 0 Å². The molecule has 24 heavy (non-hydrogen) atoms. The summed E-state index contributed by atoms with van der Waals surface area (Å²) >= 11 is 12.1. The largest absolute Gasteiger partial charge is 0.467 e. The third-order valence-corrected chi connectivity index (χ3v) is 4.35. The third kappa shape index (κ3) is 4.41. The average Bonchev–Trinajstić information content (AvgIpc) is 3.07. The molecule has 0 aromatic carbocycles. The van der Waals surface area contributed by atoms with Gasteiger partial charge in [-0.2, -0.15) is 0 Å². The van der Waals surface area contributed by atoms with Crippen molar-refractivity contribution in [2.24, 2.45) is 0 Å². The number of carbonyl (C=O) groups excluding carboxylic acids is 1. The minimum Gasteiger partial charge on any atom is -0.467 e. The first-order chi connectivity index (χ1) is 11.6. The second kappa shape index (κ2) is 7.88. The van der Waals surface area contributed by atoms with E-state index in [4.69, 9.17) is 27.6 Å². The molecule has 1 fully saturated rings. The fourth-order valence-electron chi connectivity index (χ4n) is 2.62. The van der Waals surface area contributed by atoms with Crippen molar-refractivity contribution in [1.82, 2.24) is 15.2 Å². The van der Waals surface area contributed by atoms with E-state index in [1.165, 1.54) is 0 Å². The minimum atomic E-state index is -0.0116. The second-order valence-electron chi connectivity index (χ2n) is 5.58. The molecule has 2 aromatic heterocycles. The number of anilines is 1. The Morgan fingerprint density at radius 2 is 2.08 bits per heavy atom. The van der Waals surface area contributed by atoms with Crippen LogP contribution in [0.2, 0.25) is 10.0 Å². The van der Waals surface area contributed by atoms with Crippen LogP contribution in [0.1, 0.15) is 5.76 Å². The van der Waals surface area contributed by atoms with E-state index in [-0.39, 0.29) is 5.91 Å². The highest BCUT2D eigenvalue weighted by Gasteiger charge is 2.21. The van der Waals surface area contributed by atoms with Gasteiger partial charge in [-0.1, -0.05) is 23.2 Å². The summed E-state index contributed by atoms with van der Waals surface area (Å²) in [4.78, 5) is 20.5. The van der Waals surface area contributed by atoms with Gasteiger partial charge in [0.25, 0.3) is 0 Å². The fraction of sp³-hybridized carbons (Fsp3) is 0.375. The third-order valence-electron chi connectivity index (χ3n) is 3.87. The summed E-state index contributed by atoms with van der Waals surface area (Å²) in [6.07, 6.45) is 3.19. The van der Waals surface area contributed by atoms with Crippen molar-refractivity contribution in [3.05, 3.63) is 46.5 Å². The molecule has 1 aliphatic heterocycles. The number of hydrogen-bond acceptors (Lipinski definition) is 5. The van der Waals surface area contributed by atoms with E-state index in [1.807, 2.05) is 6.07 Å².